The number of halogens is 2. The second-order valence-electron chi connectivity index (χ2n) is 6.74. The summed E-state index contributed by atoms with van der Waals surface area (Å²) in [7, 11) is 0. The van der Waals surface area contributed by atoms with E-state index in [1.165, 1.54) is 12.1 Å². The Kier molecular flexibility index (Phi) is 6.41. The van der Waals surface area contributed by atoms with Gasteiger partial charge in [0.2, 0.25) is 5.91 Å². The molecule has 11 heteroatoms. The molecule has 3 aromatic carbocycles. The van der Waals surface area contributed by atoms with Crippen LogP contribution in [0.3, 0.4) is 0 Å². The van der Waals surface area contributed by atoms with E-state index in [0.717, 1.165) is 35.6 Å². The van der Waals surface area contributed by atoms with Gasteiger partial charge in [0.15, 0.2) is 11.0 Å². The molecule has 0 saturated carbocycles. The molecule has 0 bridgehead atoms. The van der Waals surface area contributed by atoms with Crippen molar-refractivity contribution in [3.8, 4) is 17.1 Å². The average molecular weight is 467 g/mol. The maximum Gasteiger partial charge on any atom is 0.271 e. The zero-order valence-corrected chi connectivity index (χ0v) is 17.6. The Morgan fingerprint density at radius 1 is 1.03 bits per heavy atom. The summed E-state index contributed by atoms with van der Waals surface area (Å²) in [5.74, 6) is -1.45. The molecule has 0 atom stereocenters. The molecule has 0 aliphatic rings. The normalized spacial score (nSPS) is 10.7. The van der Waals surface area contributed by atoms with Crippen LogP contribution < -0.4 is 5.32 Å². The number of carbonyl (C=O) groups excluding carboxylic acids is 1. The molecule has 0 aliphatic heterocycles. The van der Waals surface area contributed by atoms with Crippen molar-refractivity contribution in [2.24, 2.45) is 0 Å². The number of carbonyl (C=O) groups is 1. The first-order chi connectivity index (χ1) is 15.9. The Hall–Kier alpha value is -4.12. The number of nitro groups is 1. The first kappa shape index (κ1) is 22.1. The number of hydrogen-bond donors (Lipinski definition) is 1. The minimum Gasteiger partial charge on any atom is -0.323 e. The van der Waals surface area contributed by atoms with Gasteiger partial charge in [-0.1, -0.05) is 30.0 Å². The summed E-state index contributed by atoms with van der Waals surface area (Å²) in [6.45, 7) is 0. The van der Waals surface area contributed by atoms with Gasteiger partial charge in [-0.3, -0.25) is 19.5 Å². The van der Waals surface area contributed by atoms with Crippen molar-refractivity contribution in [1.29, 1.82) is 0 Å². The summed E-state index contributed by atoms with van der Waals surface area (Å²) in [6.07, 6.45) is 0. The number of non-ortho nitro benzene ring substituents is 1. The number of nitro benzene ring substituents is 1. The van der Waals surface area contributed by atoms with E-state index in [2.05, 4.69) is 15.5 Å². The monoisotopic (exact) mass is 467 g/mol. The standard InChI is InChI=1S/C22H15F2N5O3S/c23-15-8-6-14(7-9-15)21-26-27-22(28(21)16-4-2-1-3-5-16)33-13-20(30)25-19-12-17(29(31)32)10-11-18(19)24/h1-12H,13H2,(H,25,30). The van der Waals surface area contributed by atoms with E-state index in [1.807, 2.05) is 30.3 Å². The predicted molar refractivity (Wildman–Crippen MR) is 119 cm³/mol. The first-order valence-corrected chi connectivity index (χ1v) is 10.5. The third kappa shape index (κ3) is 5.04. The van der Waals surface area contributed by atoms with Crippen molar-refractivity contribution >= 4 is 29.0 Å². The minimum atomic E-state index is -0.787. The number of hydrogen-bond acceptors (Lipinski definition) is 6. The number of nitrogens with one attached hydrogen (secondary N) is 1. The molecular formula is C22H15F2N5O3S. The molecule has 166 valence electrons. The van der Waals surface area contributed by atoms with Crippen molar-refractivity contribution < 1.29 is 18.5 Å². The Morgan fingerprint density at radius 2 is 1.76 bits per heavy atom. The zero-order valence-electron chi connectivity index (χ0n) is 16.8. The van der Waals surface area contributed by atoms with E-state index < -0.39 is 16.6 Å². The number of para-hydroxylation sites is 1. The maximum absolute atomic E-state index is 14.0. The van der Waals surface area contributed by atoms with Crippen LogP contribution in [0, 0.1) is 21.7 Å². The lowest BCUT2D eigenvalue weighted by molar-refractivity contribution is -0.384. The van der Waals surface area contributed by atoms with Gasteiger partial charge in [-0.2, -0.15) is 0 Å². The predicted octanol–water partition coefficient (Wildman–Crippen LogP) is 4.85. The maximum atomic E-state index is 14.0. The summed E-state index contributed by atoms with van der Waals surface area (Å²) in [4.78, 5) is 22.6. The molecule has 4 aromatic rings. The van der Waals surface area contributed by atoms with Gasteiger partial charge in [0.05, 0.1) is 16.4 Å². The lowest BCUT2D eigenvalue weighted by Crippen LogP contribution is -2.15. The molecular weight excluding hydrogens is 452 g/mol. The van der Waals surface area contributed by atoms with Gasteiger partial charge in [-0.25, -0.2) is 8.78 Å². The van der Waals surface area contributed by atoms with Crippen LogP contribution in [0.25, 0.3) is 17.1 Å². The van der Waals surface area contributed by atoms with Crippen LogP contribution in [0.15, 0.2) is 78.0 Å². The topological polar surface area (TPSA) is 103 Å². The fraction of sp³-hybridized carbons (Fsp3) is 0.0455. The molecule has 0 radical (unpaired) electrons. The van der Waals surface area contributed by atoms with Gasteiger partial charge in [0.25, 0.3) is 5.69 Å². The van der Waals surface area contributed by atoms with Crippen molar-refractivity contribution in [1.82, 2.24) is 14.8 Å². The third-order valence-corrected chi connectivity index (χ3v) is 5.45. The highest BCUT2D eigenvalue weighted by Gasteiger charge is 2.18. The molecule has 0 saturated heterocycles. The zero-order chi connectivity index (χ0) is 23.4. The van der Waals surface area contributed by atoms with Crippen molar-refractivity contribution in [2.75, 3.05) is 11.1 Å². The molecule has 1 aromatic heterocycles. The summed E-state index contributed by atoms with van der Waals surface area (Å²) in [6, 6.07) is 17.8. The molecule has 0 unspecified atom stereocenters. The molecule has 1 heterocycles. The highest BCUT2D eigenvalue weighted by molar-refractivity contribution is 7.99. The van der Waals surface area contributed by atoms with E-state index >= 15 is 0 Å². The van der Waals surface area contributed by atoms with Crippen LogP contribution in [0.1, 0.15) is 0 Å². The van der Waals surface area contributed by atoms with Crippen LogP contribution in [-0.4, -0.2) is 31.3 Å². The molecule has 0 spiro atoms. The Balaban J connectivity index is 1.57. The van der Waals surface area contributed by atoms with Gasteiger partial charge < -0.3 is 5.32 Å². The Bertz CT molecular complexity index is 1310. The number of benzene rings is 3. The molecule has 8 nitrogen and oxygen atoms in total. The number of rotatable bonds is 7. The van der Waals surface area contributed by atoms with Crippen LogP contribution in [0.5, 0.6) is 0 Å². The van der Waals surface area contributed by atoms with Crippen LogP contribution in [-0.2, 0) is 4.79 Å². The second kappa shape index (κ2) is 9.57. The van der Waals surface area contributed by atoms with Crippen LogP contribution in [0.2, 0.25) is 0 Å². The lowest BCUT2D eigenvalue weighted by atomic mass is 10.2. The molecule has 33 heavy (non-hydrogen) atoms. The van der Waals surface area contributed by atoms with E-state index in [4.69, 9.17) is 0 Å². The third-order valence-electron chi connectivity index (χ3n) is 4.52. The fourth-order valence-corrected chi connectivity index (χ4v) is 3.75. The second-order valence-corrected chi connectivity index (χ2v) is 7.68. The number of amides is 1. The van der Waals surface area contributed by atoms with Crippen LogP contribution in [0.4, 0.5) is 20.2 Å². The molecule has 1 amide bonds. The van der Waals surface area contributed by atoms with Crippen molar-refractivity contribution in [3.05, 3.63) is 94.5 Å². The van der Waals surface area contributed by atoms with Crippen LogP contribution >= 0.6 is 11.8 Å². The molecule has 0 fully saturated rings. The van der Waals surface area contributed by atoms with Gasteiger partial charge in [-0.15, -0.1) is 10.2 Å². The van der Waals surface area contributed by atoms with Gasteiger partial charge in [0.1, 0.15) is 11.6 Å². The molecule has 1 N–H and O–H groups in total. The average Bonchev–Trinajstić information content (AvgIpc) is 3.24. The summed E-state index contributed by atoms with van der Waals surface area (Å²) in [5.41, 5.74) is 0.732. The van der Waals surface area contributed by atoms with E-state index in [9.17, 15) is 23.7 Å². The lowest BCUT2D eigenvalue weighted by Gasteiger charge is -2.10. The van der Waals surface area contributed by atoms with E-state index in [-0.39, 0.29) is 22.9 Å². The Morgan fingerprint density at radius 3 is 2.45 bits per heavy atom. The summed E-state index contributed by atoms with van der Waals surface area (Å²) < 4.78 is 29.0. The van der Waals surface area contributed by atoms with Gasteiger partial charge in [0, 0.05) is 23.4 Å². The summed E-state index contributed by atoms with van der Waals surface area (Å²) >= 11 is 1.05. The first-order valence-electron chi connectivity index (χ1n) is 9.56. The quantitative estimate of drug-likeness (QED) is 0.237. The SMILES string of the molecule is O=C(CSc1nnc(-c2ccc(F)cc2)n1-c1ccccc1)Nc1cc([N+](=O)[O-])ccc1F. The summed E-state index contributed by atoms with van der Waals surface area (Å²) in [5, 5.41) is 22.0. The highest BCUT2D eigenvalue weighted by atomic mass is 32.2. The smallest absolute Gasteiger partial charge is 0.271 e. The number of nitrogens with zero attached hydrogens (tertiary/aromatic N) is 4. The van der Waals surface area contributed by atoms with Crippen molar-refractivity contribution in [2.45, 2.75) is 5.16 Å². The van der Waals surface area contributed by atoms with Gasteiger partial charge in [-0.05, 0) is 42.5 Å². The molecule has 4 rings (SSSR count). The molecule has 0 aliphatic carbocycles. The van der Waals surface area contributed by atoms with E-state index in [1.54, 1.807) is 16.7 Å². The highest BCUT2D eigenvalue weighted by Crippen LogP contribution is 2.28. The fourth-order valence-electron chi connectivity index (χ4n) is 3.00. The van der Waals surface area contributed by atoms with Crippen molar-refractivity contribution in [3.63, 3.8) is 0 Å². The number of aromatic nitrogens is 3. The number of anilines is 1. The Labute approximate surface area is 190 Å². The minimum absolute atomic E-state index is 0.156. The van der Waals surface area contributed by atoms with E-state index in [0.29, 0.717) is 16.5 Å². The number of thioether (sulfide) groups is 1. The largest absolute Gasteiger partial charge is 0.323 e. The van der Waals surface area contributed by atoms with Gasteiger partial charge >= 0.3 is 0 Å².